The van der Waals surface area contributed by atoms with Crippen molar-refractivity contribution in [3.05, 3.63) is 23.8 Å². The van der Waals surface area contributed by atoms with Gasteiger partial charge in [-0.05, 0) is 25.1 Å². The molecule has 1 heteroatoms. The van der Waals surface area contributed by atoms with E-state index in [0.717, 1.165) is 13.1 Å². The van der Waals surface area contributed by atoms with E-state index in [-0.39, 0.29) is 0 Å². The number of nitrogens with zero attached hydrogens (tertiary/aromatic N) is 1. The van der Waals surface area contributed by atoms with Crippen molar-refractivity contribution in [2.75, 3.05) is 20.1 Å². The van der Waals surface area contributed by atoms with Crippen molar-refractivity contribution >= 4 is 0 Å². The normalized spacial score (nSPS) is 26.0. The van der Waals surface area contributed by atoms with Crippen LogP contribution in [0, 0.1) is 0 Å². The van der Waals surface area contributed by atoms with Gasteiger partial charge in [0.15, 0.2) is 0 Å². The van der Waals surface area contributed by atoms with Crippen molar-refractivity contribution in [1.82, 2.24) is 4.90 Å². The van der Waals surface area contributed by atoms with Crippen LogP contribution in [0.4, 0.5) is 0 Å². The van der Waals surface area contributed by atoms with Gasteiger partial charge >= 0.3 is 0 Å². The fourth-order valence-corrected chi connectivity index (χ4v) is 1.18. The molecule has 1 rings (SSSR count). The molecule has 1 aliphatic heterocycles. The highest BCUT2D eigenvalue weighted by molar-refractivity contribution is 5.34. The molecule has 0 spiro atoms. The van der Waals surface area contributed by atoms with Gasteiger partial charge in [0, 0.05) is 13.1 Å². The summed E-state index contributed by atoms with van der Waals surface area (Å²) in [5, 5.41) is 0. The lowest BCUT2D eigenvalue weighted by Gasteiger charge is -2.01. The summed E-state index contributed by atoms with van der Waals surface area (Å²) in [6.45, 7) is 8.14. The Balaban J connectivity index is 2.70. The Kier molecular flexibility index (Phi) is 1.72. The molecule has 0 unspecified atom stereocenters. The SMILES string of the molecule is C=C1CN(C)CC1=CC. The van der Waals surface area contributed by atoms with Gasteiger partial charge in [-0.1, -0.05) is 12.7 Å². The summed E-state index contributed by atoms with van der Waals surface area (Å²) in [6, 6.07) is 0. The molecule has 1 heterocycles. The molecule has 50 valence electrons. The summed E-state index contributed by atoms with van der Waals surface area (Å²) in [7, 11) is 2.11. The third-order valence-electron chi connectivity index (χ3n) is 1.70. The second-order valence-corrected chi connectivity index (χ2v) is 2.59. The molecular weight excluding hydrogens is 110 g/mol. The van der Waals surface area contributed by atoms with Gasteiger partial charge in [0.05, 0.1) is 0 Å². The van der Waals surface area contributed by atoms with E-state index in [9.17, 15) is 0 Å². The fraction of sp³-hybridized carbons (Fsp3) is 0.500. The Morgan fingerprint density at radius 3 is 2.44 bits per heavy atom. The van der Waals surface area contributed by atoms with Crippen molar-refractivity contribution in [1.29, 1.82) is 0 Å². The van der Waals surface area contributed by atoms with Crippen molar-refractivity contribution in [3.63, 3.8) is 0 Å². The maximum atomic E-state index is 3.95. The number of rotatable bonds is 0. The topological polar surface area (TPSA) is 3.24 Å². The quantitative estimate of drug-likeness (QED) is 0.471. The van der Waals surface area contributed by atoms with Gasteiger partial charge in [0.2, 0.25) is 0 Å². The summed E-state index contributed by atoms with van der Waals surface area (Å²) in [5.74, 6) is 0. The Bertz CT molecular complexity index is 156. The van der Waals surface area contributed by atoms with Crippen molar-refractivity contribution < 1.29 is 0 Å². The van der Waals surface area contributed by atoms with Crippen LogP contribution in [-0.2, 0) is 0 Å². The van der Waals surface area contributed by atoms with E-state index in [1.54, 1.807) is 0 Å². The second-order valence-electron chi connectivity index (χ2n) is 2.59. The molecule has 9 heavy (non-hydrogen) atoms. The lowest BCUT2D eigenvalue weighted by Crippen LogP contribution is -2.11. The number of likely N-dealkylation sites (N-methyl/N-ethyl adjacent to an activating group) is 1. The van der Waals surface area contributed by atoms with Crippen LogP contribution in [0.5, 0.6) is 0 Å². The van der Waals surface area contributed by atoms with Crippen LogP contribution in [0.1, 0.15) is 6.92 Å². The predicted octanol–water partition coefficient (Wildman–Crippen LogP) is 1.43. The van der Waals surface area contributed by atoms with Gasteiger partial charge in [-0.25, -0.2) is 0 Å². The highest BCUT2D eigenvalue weighted by Gasteiger charge is 2.14. The van der Waals surface area contributed by atoms with Crippen LogP contribution >= 0.6 is 0 Å². The van der Waals surface area contributed by atoms with E-state index in [2.05, 4.69) is 31.5 Å². The van der Waals surface area contributed by atoms with Crippen LogP contribution in [0.3, 0.4) is 0 Å². The molecule has 0 radical (unpaired) electrons. The standard InChI is InChI=1S/C8H13N/c1-4-8-6-9(3)5-7(8)2/h4H,2,5-6H2,1,3H3. The first-order chi connectivity index (χ1) is 4.24. The second kappa shape index (κ2) is 2.36. The summed E-state index contributed by atoms with van der Waals surface area (Å²) < 4.78 is 0. The molecule has 0 aromatic rings. The third kappa shape index (κ3) is 1.22. The van der Waals surface area contributed by atoms with Crippen LogP contribution in [0.2, 0.25) is 0 Å². The maximum absolute atomic E-state index is 3.95. The van der Waals surface area contributed by atoms with Gasteiger partial charge in [0.25, 0.3) is 0 Å². The van der Waals surface area contributed by atoms with E-state index in [0.29, 0.717) is 0 Å². The molecular formula is C8H13N. The number of hydrogen-bond donors (Lipinski definition) is 0. The summed E-state index contributed by atoms with van der Waals surface area (Å²) in [5.41, 5.74) is 2.68. The molecule has 0 aliphatic carbocycles. The fourth-order valence-electron chi connectivity index (χ4n) is 1.18. The summed E-state index contributed by atoms with van der Waals surface area (Å²) in [6.07, 6.45) is 2.14. The van der Waals surface area contributed by atoms with Crippen molar-refractivity contribution in [2.24, 2.45) is 0 Å². The Hall–Kier alpha value is -0.560. The average Bonchev–Trinajstić information content (AvgIpc) is 2.10. The zero-order chi connectivity index (χ0) is 6.85. The van der Waals surface area contributed by atoms with Gasteiger partial charge in [-0.15, -0.1) is 0 Å². The Morgan fingerprint density at radius 2 is 2.22 bits per heavy atom. The minimum atomic E-state index is 1.04. The zero-order valence-corrected chi connectivity index (χ0v) is 6.15. The molecule has 0 bridgehead atoms. The first kappa shape index (κ1) is 6.56. The number of allylic oxidation sites excluding steroid dienone is 1. The average molecular weight is 123 g/mol. The Labute approximate surface area is 56.7 Å². The Morgan fingerprint density at radius 1 is 1.56 bits per heavy atom. The van der Waals surface area contributed by atoms with Crippen molar-refractivity contribution in [3.8, 4) is 0 Å². The van der Waals surface area contributed by atoms with Crippen LogP contribution in [0.15, 0.2) is 23.8 Å². The van der Waals surface area contributed by atoms with Gasteiger partial charge < -0.3 is 0 Å². The molecule has 0 atom stereocenters. The highest BCUT2D eigenvalue weighted by Crippen LogP contribution is 2.17. The lowest BCUT2D eigenvalue weighted by atomic mass is 10.2. The van der Waals surface area contributed by atoms with Crippen LogP contribution < -0.4 is 0 Å². The number of likely N-dealkylation sites (tertiary alicyclic amines) is 1. The lowest BCUT2D eigenvalue weighted by molar-refractivity contribution is 0.437. The molecule has 0 N–H and O–H groups in total. The summed E-state index contributed by atoms with van der Waals surface area (Å²) in [4.78, 5) is 2.26. The van der Waals surface area contributed by atoms with Crippen LogP contribution in [-0.4, -0.2) is 25.0 Å². The highest BCUT2D eigenvalue weighted by atomic mass is 15.1. The van der Waals surface area contributed by atoms with Gasteiger partial charge in [-0.2, -0.15) is 0 Å². The molecule has 0 aromatic carbocycles. The molecule has 1 aliphatic rings. The predicted molar refractivity (Wildman–Crippen MR) is 40.4 cm³/mol. The van der Waals surface area contributed by atoms with Crippen molar-refractivity contribution in [2.45, 2.75) is 6.92 Å². The van der Waals surface area contributed by atoms with E-state index >= 15 is 0 Å². The van der Waals surface area contributed by atoms with Crippen LogP contribution in [0.25, 0.3) is 0 Å². The monoisotopic (exact) mass is 123 g/mol. The minimum absolute atomic E-state index is 1.04. The molecule has 0 aromatic heterocycles. The maximum Gasteiger partial charge on any atom is 0.0233 e. The van der Waals surface area contributed by atoms with E-state index in [1.165, 1.54) is 11.1 Å². The van der Waals surface area contributed by atoms with E-state index < -0.39 is 0 Å². The van der Waals surface area contributed by atoms with E-state index in [4.69, 9.17) is 0 Å². The largest absolute Gasteiger partial charge is 0.298 e. The minimum Gasteiger partial charge on any atom is -0.298 e. The number of hydrogen-bond acceptors (Lipinski definition) is 1. The third-order valence-corrected chi connectivity index (χ3v) is 1.70. The first-order valence-corrected chi connectivity index (χ1v) is 3.26. The first-order valence-electron chi connectivity index (χ1n) is 3.26. The molecule has 1 fully saturated rings. The molecule has 0 amide bonds. The zero-order valence-electron chi connectivity index (χ0n) is 6.15. The van der Waals surface area contributed by atoms with Gasteiger partial charge in [-0.3, -0.25) is 4.90 Å². The van der Waals surface area contributed by atoms with E-state index in [1.807, 2.05) is 0 Å². The molecule has 1 nitrogen and oxygen atoms in total. The summed E-state index contributed by atoms with van der Waals surface area (Å²) >= 11 is 0. The van der Waals surface area contributed by atoms with Gasteiger partial charge in [0.1, 0.15) is 0 Å². The molecule has 1 saturated heterocycles. The smallest absolute Gasteiger partial charge is 0.0233 e. The molecule has 0 saturated carbocycles.